The van der Waals surface area contributed by atoms with E-state index in [0.717, 1.165) is 6.07 Å². The monoisotopic (exact) mass is 469 g/mol. The smallest absolute Gasteiger partial charge is 0.405 e. The van der Waals surface area contributed by atoms with Crippen LogP contribution < -0.4 is 14.8 Å². The van der Waals surface area contributed by atoms with Crippen molar-refractivity contribution in [2.45, 2.75) is 19.9 Å². The highest BCUT2D eigenvalue weighted by Gasteiger charge is 2.23. The van der Waals surface area contributed by atoms with Crippen LogP contribution in [0.5, 0.6) is 11.6 Å². The summed E-state index contributed by atoms with van der Waals surface area (Å²) in [5.41, 5.74) is 0.424. The van der Waals surface area contributed by atoms with Gasteiger partial charge in [0, 0.05) is 29.3 Å². The molecule has 0 aliphatic carbocycles. The molecule has 1 aromatic heterocycles. The Hall–Kier alpha value is -3.72. The number of benzene rings is 2. The van der Waals surface area contributed by atoms with Gasteiger partial charge in [-0.2, -0.15) is 0 Å². The summed E-state index contributed by atoms with van der Waals surface area (Å²) in [7, 11) is 3.76. The van der Waals surface area contributed by atoms with E-state index >= 15 is 4.39 Å². The Labute approximate surface area is 197 Å². The second kappa shape index (κ2) is 10.9. The third-order valence-corrected chi connectivity index (χ3v) is 5.24. The van der Waals surface area contributed by atoms with Crippen LogP contribution in [0.15, 0.2) is 42.6 Å². The summed E-state index contributed by atoms with van der Waals surface area (Å²) in [5.74, 6) is -0.661. The van der Waals surface area contributed by atoms with Gasteiger partial charge in [-0.05, 0) is 57.6 Å². The van der Waals surface area contributed by atoms with Crippen LogP contribution in [0.4, 0.5) is 9.18 Å². The molecule has 8 nitrogen and oxygen atoms in total. The number of rotatable bonds is 10. The molecule has 0 saturated carbocycles. The first kappa shape index (κ1) is 24.9. The van der Waals surface area contributed by atoms with Gasteiger partial charge < -0.3 is 24.8 Å². The predicted octanol–water partition coefficient (Wildman–Crippen LogP) is 4.27. The molecule has 34 heavy (non-hydrogen) atoms. The van der Waals surface area contributed by atoms with Crippen molar-refractivity contribution in [2.24, 2.45) is 0 Å². The molecule has 0 fully saturated rings. The summed E-state index contributed by atoms with van der Waals surface area (Å²) in [6.07, 6.45) is 0.292. The number of ether oxygens (including phenoxy) is 2. The number of hydrogen-bond donors (Lipinski definition) is 2. The van der Waals surface area contributed by atoms with Crippen LogP contribution in [0, 0.1) is 5.82 Å². The van der Waals surface area contributed by atoms with Crippen molar-refractivity contribution >= 4 is 22.6 Å². The van der Waals surface area contributed by atoms with Crippen LogP contribution in [-0.4, -0.2) is 60.7 Å². The summed E-state index contributed by atoms with van der Waals surface area (Å²) >= 11 is 0. The lowest BCUT2D eigenvalue weighted by Crippen LogP contribution is -2.26. The fourth-order valence-corrected chi connectivity index (χ4v) is 3.58. The molecule has 2 aromatic carbocycles. The SMILES string of the molecule is CCOc1nccc2c(C(=O)c3cc(OCCN(C)C)c(C(C)NC(=O)O)cc3F)cccc12. The lowest BCUT2D eigenvalue weighted by Gasteiger charge is -2.20. The van der Waals surface area contributed by atoms with E-state index in [9.17, 15) is 9.59 Å². The molecule has 1 heterocycles. The average Bonchev–Trinajstić information content (AvgIpc) is 2.78. The molecule has 1 unspecified atom stereocenters. The molecule has 0 spiro atoms. The topological polar surface area (TPSA) is 101 Å². The first-order valence-corrected chi connectivity index (χ1v) is 10.9. The van der Waals surface area contributed by atoms with Gasteiger partial charge in [-0.1, -0.05) is 12.1 Å². The van der Waals surface area contributed by atoms with Gasteiger partial charge in [0.15, 0.2) is 5.78 Å². The van der Waals surface area contributed by atoms with Gasteiger partial charge in [0.1, 0.15) is 18.2 Å². The maximum atomic E-state index is 15.2. The second-order valence-corrected chi connectivity index (χ2v) is 7.97. The number of amides is 1. The van der Waals surface area contributed by atoms with E-state index in [1.807, 2.05) is 25.9 Å². The van der Waals surface area contributed by atoms with Crippen LogP contribution >= 0.6 is 0 Å². The van der Waals surface area contributed by atoms with Crippen LogP contribution in [0.1, 0.15) is 41.4 Å². The summed E-state index contributed by atoms with van der Waals surface area (Å²) in [5, 5.41) is 12.6. The van der Waals surface area contributed by atoms with Gasteiger partial charge >= 0.3 is 6.09 Å². The Morgan fingerprint density at radius 1 is 1.15 bits per heavy atom. The number of nitrogens with one attached hydrogen (secondary N) is 1. The number of fused-ring (bicyclic) bond motifs is 1. The molecule has 0 saturated heterocycles. The molecule has 9 heteroatoms. The maximum absolute atomic E-state index is 15.2. The van der Waals surface area contributed by atoms with Gasteiger partial charge in [0.25, 0.3) is 0 Å². The van der Waals surface area contributed by atoms with E-state index in [-0.39, 0.29) is 17.9 Å². The number of carbonyl (C=O) groups excluding carboxylic acids is 1. The van der Waals surface area contributed by atoms with Crippen LogP contribution in [0.3, 0.4) is 0 Å². The standard InChI is InChI=1S/C25H28FN3O5/c1-5-33-24-18-8-6-7-17(16(18)9-10-27-24)23(30)20-14-22(34-12-11-29(3)4)19(13-21(20)26)15(2)28-25(31)32/h6-10,13-15,28H,5,11-12H2,1-4H3,(H,31,32). The highest BCUT2D eigenvalue weighted by Crippen LogP contribution is 2.32. The van der Waals surface area contributed by atoms with Gasteiger partial charge in [-0.15, -0.1) is 0 Å². The molecular weight excluding hydrogens is 441 g/mol. The largest absolute Gasteiger partial charge is 0.492 e. The van der Waals surface area contributed by atoms with Crippen molar-refractivity contribution in [1.82, 2.24) is 15.2 Å². The molecule has 180 valence electrons. The van der Waals surface area contributed by atoms with Crippen molar-refractivity contribution in [3.8, 4) is 11.6 Å². The van der Waals surface area contributed by atoms with Crippen molar-refractivity contribution in [3.05, 3.63) is 65.1 Å². The van der Waals surface area contributed by atoms with Crippen LogP contribution in [-0.2, 0) is 0 Å². The van der Waals surface area contributed by atoms with Crippen LogP contribution in [0.25, 0.3) is 10.8 Å². The number of carboxylic acid groups (broad SMARTS) is 1. The molecule has 0 radical (unpaired) electrons. The zero-order valence-corrected chi connectivity index (χ0v) is 19.6. The van der Waals surface area contributed by atoms with E-state index in [4.69, 9.17) is 14.6 Å². The molecule has 1 amide bonds. The second-order valence-electron chi connectivity index (χ2n) is 7.97. The fraction of sp³-hybridized carbons (Fsp3) is 0.320. The quantitative estimate of drug-likeness (QED) is 0.428. The zero-order chi connectivity index (χ0) is 24.8. The van der Waals surface area contributed by atoms with Gasteiger partial charge in [0.2, 0.25) is 5.88 Å². The highest BCUT2D eigenvalue weighted by molar-refractivity contribution is 6.17. The normalized spacial score (nSPS) is 11.9. The Kier molecular flexibility index (Phi) is 8.01. The van der Waals surface area contributed by atoms with Crippen molar-refractivity contribution in [2.75, 3.05) is 33.9 Å². The van der Waals surface area contributed by atoms with Crippen molar-refractivity contribution in [3.63, 3.8) is 0 Å². The first-order chi connectivity index (χ1) is 16.2. The number of ketones is 1. The molecule has 0 aliphatic heterocycles. The zero-order valence-electron chi connectivity index (χ0n) is 19.6. The fourth-order valence-electron chi connectivity index (χ4n) is 3.58. The third kappa shape index (κ3) is 5.60. The molecule has 0 bridgehead atoms. The number of hydrogen-bond acceptors (Lipinski definition) is 6. The lowest BCUT2D eigenvalue weighted by molar-refractivity contribution is 0.103. The lowest BCUT2D eigenvalue weighted by atomic mass is 9.95. The van der Waals surface area contributed by atoms with E-state index in [0.29, 0.717) is 40.9 Å². The molecular formula is C25H28FN3O5. The summed E-state index contributed by atoms with van der Waals surface area (Å²) < 4.78 is 26.6. The van der Waals surface area contributed by atoms with Crippen molar-refractivity contribution in [1.29, 1.82) is 0 Å². The Morgan fingerprint density at radius 3 is 2.59 bits per heavy atom. The van der Waals surface area contributed by atoms with E-state index in [2.05, 4.69) is 10.3 Å². The minimum Gasteiger partial charge on any atom is -0.492 e. The van der Waals surface area contributed by atoms with Crippen LogP contribution in [0.2, 0.25) is 0 Å². The van der Waals surface area contributed by atoms with Gasteiger partial charge in [-0.25, -0.2) is 14.2 Å². The van der Waals surface area contributed by atoms with E-state index < -0.39 is 23.7 Å². The van der Waals surface area contributed by atoms with E-state index in [1.54, 1.807) is 37.4 Å². The molecule has 2 N–H and O–H groups in total. The Bertz CT molecular complexity index is 1200. The average molecular weight is 470 g/mol. The minimum absolute atomic E-state index is 0.173. The number of halogens is 1. The number of aromatic nitrogens is 1. The van der Waals surface area contributed by atoms with E-state index in [1.165, 1.54) is 6.07 Å². The number of likely N-dealkylation sites (N-methyl/N-ethyl adjacent to an activating group) is 1. The minimum atomic E-state index is -1.25. The summed E-state index contributed by atoms with van der Waals surface area (Å²) in [4.78, 5) is 30.7. The summed E-state index contributed by atoms with van der Waals surface area (Å²) in [6.45, 7) is 4.69. The van der Waals surface area contributed by atoms with Gasteiger partial charge in [-0.3, -0.25) is 4.79 Å². The molecule has 3 aromatic rings. The maximum Gasteiger partial charge on any atom is 0.405 e. The first-order valence-electron chi connectivity index (χ1n) is 10.9. The Balaban J connectivity index is 2.07. The number of carbonyl (C=O) groups is 2. The molecule has 3 rings (SSSR count). The van der Waals surface area contributed by atoms with Gasteiger partial charge in [0.05, 0.1) is 18.2 Å². The molecule has 0 aliphatic rings. The highest BCUT2D eigenvalue weighted by atomic mass is 19.1. The number of nitrogens with zero attached hydrogens (tertiary/aromatic N) is 2. The third-order valence-electron chi connectivity index (χ3n) is 5.24. The van der Waals surface area contributed by atoms with Crippen molar-refractivity contribution < 1.29 is 28.6 Å². The summed E-state index contributed by atoms with van der Waals surface area (Å²) in [6, 6.07) is 8.53. The Morgan fingerprint density at radius 2 is 1.91 bits per heavy atom. The molecule has 1 atom stereocenters. The predicted molar refractivity (Wildman–Crippen MR) is 126 cm³/mol. The number of pyridine rings is 1.